The molecular weight excluding hydrogens is 1870 g/mol. The summed E-state index contributed by atoms with van der Waals surface area (Å²) in [5.74, 6) is -2.95. The number of hydrogen-bond acceptors (Lipinski definition) is 37. The van der Waals surface area contributed by atoms with Crippen LogP contribution in [0.4, 0.5) is 17.5 Å². The molecule has 6 aliphatic rings. The third kappa shape index (κ3) is 24.3. The van der Waals surface area contributed by atoms with Gasteiger partial charge in [0.05, 0.1) is 42.2 Å². The van der Waals surface area contributed by atoms with Crippen LogP contribution >= 0.6 is 100.0 Å². The van der Waals surface area contributed by atoms with Gasteiger partial charge in [-0.15, -0.1) is 15.3 Å². The maximum Gasteiger partial charge on any atom is 0.343 e. The van der Waals surface area contributed by atoms with Crippen LogP contribution in [0.1, 0.15) is 160 Å². The minimum Gasteiger partial charge on any atom is -0.394 e. The lowest BCUT2D eigenvalue weighted by molar-refractivity contribution is -0.201. The molecule has 40 nitrogen and oxygen atoms in total. The lowest BCUT2D eigenvalue weighted by Crippen LogP contribution is -2.33. The molecule has 14 atom stereocenters. The maximum atomic E-state index is 13.9. The van der Waals surface area contributed by atoms with Crippen molar-refractivity contribution >= 4 is 151 Å². The van der Waals surface area contributed by atoms with Crippen LogP contribution in [0.2, 0.25) is 30.9 Å². The quantitative estimate of drug-likeness (QED) is 0.0250. The van der Waals surface area contributed by atoms with Gasteiger partial charge in [-0.05, 0) is 194 Å². The Morgan fingerprint density at radius 3 is 0.913 bits per heavy atom. The van der Waals surface area contributed by atoms with E-state index in [2.05, 4.69) is 76.8 Å². The zero-order valence-corrected chi connectivity index (χ0v) is 81.4. The molecule has 6 aromatic heterocycles. The van der Waals surface area contributed by atoms with Crippen LogP contribution in [0.3, 0.4) is 0 Å². The summed E-state index contributed by atoms with van der Waals surface area (Å²) in [6, 6.07) is 22.3. The Balaban J connectivity index is 0.000000167. The van der Waals surface area contributed by atoms with Gasteiger partial charge in [-0.2, -0.15) is 43.9 Å². The highest BCUT2D eigenvalue weighted by molar-refractivity contribution is 7.72. The summed E-state index contributed by atoms with van der Waals surface area (Å²) in [6.45, 7) is 31.7. The van der Waals surface area contributed by atoms with Gasteiger partial charge < -0.3 is 99.9 Å². The smallest absolute Gasteiger partial charge is 0.343 e. The first-order valence-electron chi connectivity index (χ1n) is 40.2. The highest BCUT2D eigenvalue weighted by atomic mass is 35.5. The van der Waals surface area contributed by atoms with E-state index >= 15 is 0 Å². The Hall–Kier alpha value is -5.56. The number of rotatable bonds is 29. The number of hydrogen-bond donors (Lipinski definition) is 4. The molecular formula is C77H104Cl6N18O22P4. The summed E-state index contributed by atoms with van der Waals surface area (Å²) in [5.41, 5.74) is 1.12. The Morgan fingerprint density at radius 2 is 0.654 bits per heavy atom. The molecule has 0 saturated carbocycles. The van der Waals surface area contributed by atoms with E-state index in [1.165, 1.54) is 28.3 Å². The third-order valence-electron chi connectivity index (χ3n) is 19.2. The van der Waals surface area contributed by atoms with Crippen molar-refractivity contribution in [3.63, 3.8) is 0 Å². The van der Waals surface area contributed by atoms with E-state index in [1.54, 1.807) is 123 Å². The molecule has 0 spiro atoms. The first kappa shape index (κ1) is 98.9. The van der Waals surface area contributed by atoms with E-state index in [-0.39, 0.29) is 47.0 Å². The molecule has 50 heteroatoms. The number of anilines is 3. The number of fused-ring (bicyclic) bond motifs is 6. The summed E-state index contributed by atoms with van der Waals surface area (Å²) in [4.78, 5) is 25.9. The standard InChI is InChI=1S/2C29H42Cl2N6O9P2.C19H20Cl2N6O4/c2*1-27(2,3)45-48(39,46-28(4,5)6)16-47(38,40-9)41-15-19-21-22(44-29(7,8)43-21)25(42-19)37-24-20(35-36-37)23(33-26(31)34-24)32-14-17-12-10-11-13-18(17)30;1-19(2)30-13-11(8-28)29-17(14(13)31-19)27-16-12(25-26-27)15(23-18(21)24-16)22-7-9-5-3-4-6-10(9)20/h2*10-13,19,21-22,25H,14-16H2,1-9H3,(H,32,33,34);3-6,11,13-14,17,28H,7-8H2,1-2H3,(H,22,23,24)/t19-,21-,22-,25-,47+;19-,21-,22-,25-,47-;11-,13-,14-,17-/m111/s1. The van der Waals surface area contributed by atoms with Crippen LogP contribution in [0.5, 0.6) is 0 Å². The summed E-state index contributed by atoms with van der Waals surface area (Å²) in [6.07, 6.45) is -8.44. The van der Waals surface area contributed by atoms with Crippen molar-refractivity contribution in [3.8, 4) is 0 Å². The number of aromatic nitrogens is 15. The molecule has 696 valence electrons. The molecule has 12 heterocycles. The number of nitrogens with zero attached hydrogens (tertiary/aromatic N) is 15. The van der Waals surface area contributed by atoms with Crippen LogP contribution in [-0.2, 0) is 117 Å². The van der Waals surface area contributed by atoms with Crippen LogP contribution in [0.15, 0.2) is 72.8 Å². The van der Waals surface area contributed by atoms with Gasteiger partial charge in [0.25, 0.3) is 0 Å². The number of halogens is 6. The summed E-state index contributed by atoms with van der Waals surface area (Å²) in [5, 5.41) is 46.8. The molecule has 127 heavy (non-hydrogen) atoms. The highest BCUT2D eigenvalue weighted by Gasteiger charge is 2.61. The number of nitrogens with one attached hydrogen (secondary N) is 3. The first-order valence-corrected chi connectivity index (χ1v) is 49.4. The second-order valence-electron chi connectivity index (χ2n) is 35.5. The van der Waals surface area contributed by atoms with Crippen LogP contribution in [-0.4, -0.2) is 221 Å². The van der Waals surface area contributed by atoms with Gasteiger partial charge in [0.2, 0.25) is 15.9 Å². The molecule has 0 bridgehead atoms. The van der Waals surface area contributed by atoms with Gasteiger partial charge in [-0.1, -0.05) is 105 Å². The molecule has 6 fully saturated rings. The molecule has 0 amide bonds. The Labute approximate surface area is 763 Å². The average Bonchev–Trinajstić information content (AvgIpc) is 1.59. The van der Waals surface area contributed by atoms with Crippen molar-refractivity contribution < 1.29 is 102 Å². The largest absolute Gasteiger partial charge is 0.394 e. The molecule has 0 unspecified atom stereocenters. The van der Waals surface area contributed by atoms with Crippen LogP contribution in [0, 0.1) is 0 Å². The van der Waals surface area contributed by atoms with E-state index in [1.807, 2.05) is 74.5 Å². The second kappa shape index (κ2) is 38.4. The van der Waals surface area contributed by atoms with Crippen molar-refractivity contribution in [3.05, 3.63) is 120 Å². The van der Waals surface area contributed by atoms with Gasteiger partial charge >= 0.3 is 30.4 Å². The first-order chi connectivity index (χ1) is 59.2. The average molecular weight is 1970 g/mol. The molecule has 6 saturated heterocycles. The monoisotopic (exact) mass is 1970 g/mol. The summed E-state index contributed by atoms with van der Waals surface area (Å²) in [7, 11) is -13.7. The van der Waals surface area contributed by atoms with E-state index in [4.69, 9.17) is 148 Å². The zero-order chi connectivity index (χ0) is 92.3. The minimum atomic E-state index is -4.06. The summed E-state index contributed by atoms with van der Waals surface area (Å²) < 4.78 is 161. The molecule has 0 aliphatic carbocycles. The fraction of sp³-hybridized carbons (Fsp3) is 0.610. The van der Waals surface area contributed by atoms with Crippen molar-refractivity contribution in [1.29, 1.82) is 0 Å². The van der Waals surface area contributed by atoms with Crippen LogP contribution < -0.4 is 16.0 Å². The van der Waals surface area contributed by atoms with E-state index in [0.29, 0.717) is 74.4 Å². The van der Waals surface area contributed by atoms with E-state index in [9.17, 15) is 23.4 Å². The Morgan fingerprint density at radius 1 is 0.394 bits per heavy atom. The molecule has 15 rings (SSSR count). The third-order valence-corrected chi connectivity index (χ3v) is 31.8. The second-order valence-corrected chi connectivity index (χ2v) is 46.9. The molecule has 6 aliphatic heterocycles. The topological polar surface area (TPSA) is 451 Å². The maximum absolute atomic E-state index is 13.9. The predicted octanol–water partition coefficient (Wildman–Crippen LogP) is 16.9. The predicted molar refractivity (Wildman–Crippen MR) is 470 cm³/mol. The SMILES string of the molecule is CC1(C)O[C@@H]2[C@H](O1)[C@@H](CO)O[C@H]2n1nnc2c(NCc3ccccc3Cl)nc(Cl)nc21.CO[P@@](=O)(CP(=O)(OC(C)(C)C)OC(C)(C)C)OC[C@H]1O[C@@H](n2nnc3c(NCc4ccccc4Cl)nc(Cl)nc32)[C@@H]2OC(C)(C)O[C@@H]21.CO[P@](=O)(CP(=O)(OC(C)(C)C)OC(C)(C)C)OC[C@H]1O[C@@H](n2nnc3c(NCc4ccccc4Cl)nc(Cl)nc32)[C@@H]2OC(C)(C)O[C@@H]21. The van der Waals surface area contributed by atoms with Crippen molar-refractivity contribution in [2.24, 2.45) is 0 Å². The van der Waals surface area contributed by atoms with Gasteiger partial charge in [0.15, 0.2) is 98.8 Å². The van der Waals surface area contributed by atoms with E-state index < -0.39 is 156 Å². The van der Waals surface area contributed by atoms with Crippen molar-refractivity contribution in [2.75, 3.05) is 61.8 Å². The fourth-order valence-electron chi connectivity index (χ4n) is 14.7. The fourth-order valence-corrected chi connectivity index (χ4v) is 26.0. The van der Waals surface area contributed by atoms with E-state index in [0.717, 1.165) is 16.7 Å². The van der Waals surface area contributed by atoms with Gasteiger partial charge in [-0.3, -0.25) is 18.3 Å². The molecule has 3 aromatic carbocycles. The summed E-state index contributed by atoms with van der Waals surface area (Å²) >= 11 is 37.8. The zero-order valence-electron chi connectivity index (χ0n) is 73.3. The lowest BCUT2D eigenvalue weighted by Gasteiger charge is -2.33. The Kier molecular flexibility index (Phi) is 29.9. The molecule has 9 aromatic rings. The molecule has 4 N–H and O–H groups in total. The lowest BCUT2D eigenvalue weighted by atomic mass is 10.1. The number of aliphatic hydroxyl groups is 1. The van der Waals surface area contributed by atoms with Crippen molar-refractivity contribution in [1.82, 2.24) is 74.9 Å². The van der Waals surface area contributed by atoms with Crippen molar-refractivity contribution in [2.45, 2.75) is 258 Å². The number of ether oxygens (including phenoxy) is 9. The number of benzene rings is 3. The van der Waals surface area contributed by atoms with Gasteiger partial charge in [0.1, 0.15) is 54.9 Å². The normalized spacial score (nSPS) is 24.8. The van der Waals surface area contributed by atoms with Gasteiger partial charge in [0, 0.05) is 48.9 Å². The number of aliphatic hydroxyl groups excluding tert-OH is 1. The Bertz CT molecular complexity index is 5360. The highest BCUT2D eigenvalue weighted by Crippen LogP contribution is 2.68. The van der Waals surface area contributed by atoms with Crippen LogP contribution in [0.25, 0.3) is 33.5 Å². The minimum absolute atomic E-state index is 0.0230. The van der Waals surface area contributed by atoms with Gasteiger partial charge in [-0.25, -0.2) is 0 Å². The molecule has 0 radical (unpaired) electrons.